The van der Waals surface area contributed by atoms with Gasteiger partial charge in [0.2, 0.25) is 5.78 Å². The van der Waals surface area contributed by atoms with Crippen LogP contribution in [0, 0.1) is 5.92 Å². The first-order valence-corrected chi connectivity index (χ1v) is 4.96. The average molecular weight is 184 g/mol. The highest BCUT2D eigenvalue weighted by atomic mass is 16.4. The summed E-state index contributed by atoms with van der Waals surface area (Å²) in [5.74, 6) is -1.57. The second kappa shape index (κ2) is 5.00. The molecular weight excluding hydrogens is 168 g/mol. The molecule has 0 aromatic rings. The second-order valence-corrected chi connectivity index (χ2v) is 3.79. The van der Waals surface area contributed by atoms with Gasteiger partial charge in [0.15, 0.2) is 0 Å². The average Bonchev–Trinajstić information content (AvgIpc) is 2.32. The van der Waals surface area contributed by atoms with Crippen molar-refractivity contribution >= 4 is 11.8 Å². The minimum absolute atomic E-state index is 0.245. The molecule has 0 aliphatic heterocycles. The van der Waals surface area contributed by atoms with Crippen molar-refractivity contribution in [2.45, 2.75) is 44.9 Å². The molecule has 0 radical (unpaired) electrons. The van der Waals surface area contributed by atoms with Crippen molar-refractivity contribution < 1.29 is 14.7 Å². The third-order valence-electron chi connectivity index (χ3n) is 2.69. The normalized spacial score (nSPS) is 19.4. The largest absolute Gasteiger partial charge is 0.476 e. The number of carbonyl (C=O) groups is 2. The lowest BCUT2D eigenvalue weighted by Gasteiger charge is -2.10. The van der Waals surface area contributed by atoms with Gasteiger partial charge in [-0.05, 0) is 5.92 Å². The maximum Gasteiger partial charge on any atom is 0.372 e. The Balaban J connectivity index is 2.33. The first kappa shape index (κ1) is 10.2. The van der Waals surface area contributed by atoms with Crippen LogP contribution in [0.25, 0.3) is 0 Å². The van der Waals surface area contributed by atoms with Crippen LogP contribution in [0.4, 0.5) is 0 Å². The molecule has 0 aromatic heterocycles. The molecule has 0 aromatic carbocycles. The maximum atomic E-state index is 10.9. The lowest BCUT2D eigenvalue weighted by Crippen LogP contribution is -2.16. The van der Waals surface area contributed by atoms with Crippen molar-refractivity contribution in [1.29, 1.82) is 0 Å². The van der Waals surface area contributed by atoms with E-state index >= 15 is 0 Å². The van der Waals surface area contributed by atoms with Gasteiger partial charge in [-0.25, -0.2) is 4.79 Å². The van der Waals surface area contributed by atoms with E-state index in [2.05, 4.69) is 0 Å². The maximum absolute atomic E-state index is 10.9. The molecule has 13 heavy (non-hydrogen) atoms. The molecule has 3 heteroatoms. The van der Waals surface area contributed by atoms with E-state index in [-0.39, 0.29) is 6.42 Å². The van der Waals surface area contributed by atoms with E-state index in [9.17, 15) is 9.59 Å². The molecule has 1 N–H and O–H groups in total. The van der Waals surface area contributed by atoms with E-state index in [0.29, 0.717) is 5.92 Å². The molecule has 74 valence electrons. The van der Waals surface area contributed by atoms with Crippen LogP contribution in [0.2, 0.25) is 0 Å². The number of ketones is 1. The monoisotopic (exact) mass is 184 g/mol. The van der Waals surface area contributed by atoms with Gasteiger partial charge in [-0.15, -0.1) is 0 Å². The zero-order valence-electron chi connectivity index (χ0n) is 7.79. The first-order chi connectivity index (χ1) is 6.20. The summed E-state index contributed by atoms with van der Waals surface area (Å²) < 4.78 is 0. The van der Waals surface area contributed by atoms with Crippen molar-refractivity contribution in [2.75, 3.05) is 0 Å². The third kappa shape index (κ3) is 3.57. The molecule has 1 aliphatic rings. The highest BCUT2D eigenvalue weighted by molar-refractivity contribution is 6.32. The molecule has 0 atom stereocenters. The number of aliphatic carboxylic acids is 1. The number of hydrogen-bond donors (Lipinski definition) is 1. The van der Waals surface area contributed by atoms with Crippen LogP contribution in [0.1, 0.15) is 44.9 Å². The van der Waals surface area contributed by atoms with E-state index in [0.717, 1.165) is 25.7 Å². The van der Waals surface area contributed by atoms with E-state index in [4.69, 9.17) is 5.11 Å². The summed E-state index contributed by atoms with van der Waals surface area (Å²) in [5, 5.41) is 8.43. The fourth-order valence-electron chi connectivity index (χ4n) is 1.92. The number of carbonyl (C=O) groups excluding carboxylic acids is 1. The fraction of sp³-hybridized carbons (Fsp3) is 0.800. The number of carboxylic acids is 1. The van der Waals surface area contributed by atoms with Crippen molar-refractivity contribution in [3.63, 3.8) is 0 Å². The van der Waals surface area contributed by atoms with Crippen LogP contribution < -0.4 is 0 Å². The van der Waals surface area contributed by atoms with Crippen LogP contribution in [0.5, 0.6) is 0 Å². The number of carboxylic acid groups (broad SMARTS) is 1. The SMILES string of the molecule is O=C(O)C(=O)CC1CCCCCC1. The summed E-state index contributed by atoms with van der Waals surface area (Å²) in [6, 6.07) is 0. The van der Waals surface area contributed by atoms with Crippen LogP contribution in [-0.4, -0.2) is 16.9 Å². The minimum Gasteiger partial charge on any atom is -0.476 e. The van der Waals surface area contributed by atoms with Gasteiger partial charge in [0.1, 0.15) is 0 Å². The molecule has 1 rings (SSSR count). The van der Waals surface area contributed by atoms with E-state index in [1.165, 1.54) is 12.8 Å². The molecule has 0 spiro atoms. The Morgan fingerprint density at radius 1 is 1.08 bits per heavy atom. The molecule has 1 aliphatic carbocycles. The summed E-state index contributed by atoms with van der Waals surface area (Å²) in [4.78, 5) is 21.2. The van der Waals surface area contributed by atoms with Gasteiger partial charge in [-0.3, -0.25) is 4.79 Å². The van der Waals surface area contributed by atoms with Gasteiger partial charge < -0.3 is 5.11 Å². The summed E-state index contributed by atoms with van der Waals surface area (Å²) in [6.07, 6.45) is 7.07. The molecule has 0 unspecified atom stereocenters. The van der Waals surface area contributed by atoms with Crippen molar-refractivity contribution in [1.82, 2.24) is 0 Å². The predicted octanol–water partition coefficient (Wildman–Crippen LogP) is 2.00. The highest BCUT2D eigenvalue weighted by Crippen LogP contribution is 2.25. The Kier molecular flexibility index (Phi) is 3.93. The van der Waals surface area contributed by atoms with Gasteiger partial charge in [0, 0.05) is 6.42 Å². The Labute approximate surface area is 78.1 Å². The summed E-state index contributed by atoms with van der Waals surface area (Å²) in [6.45, 7) is 0. The van der Waals surface area contributed by atoms with Crippen LogP contribution >= 0.6 is 0 Å². The minimum atomic E-state index is -1.27. The van der Waals surface area contributed by atoms with Gasteiger partial charge in [-0.1, -0.05) is 38.5 Å². The molecular formula is C10H16O3. The zero-order chi connectivity index (χ0) is 9.68. The molecule has 0 heterocycles. The predicted molar refractivity (Wildman–Crippen MR) is 48.5 cm³/mol. The topological polar surface area (TPSA) is 54.4 Å². The van der Waals surface area contributed by atoms with Crippen molar-refractivity contribution in [3.05, 3.63) is 0 Å². The summed E-state index contributed by atoms with van der Waals surface area (Å²) >= 11 is 0. The Hall–Kier alpha value is -0.860. The number of Topliss-reactive ketones (excluding diaryl/α,β-unsaturated/α-hetero) is 1. The Bertz CT molecular complexity index is 190. The third-order valence-corrected chi connectivity index (χ3v) is 2.69. The lowest BCUT2D eigenvalue weighted by atomic mass is 9.94. The van der Waals surface area contributed by atoms with Crippen LogP contribution in [-0.2, 0) is 9.59 Å². The first-order valence-electron chi connectivity index (χ1n) is 4.96. The second-order valence-electron chi connectivity index (χ2n) is 3.79. The van der Waals surface area contributed by atoms with Gasteiger partial charge in [0.25, 0.3) is 0 Å². The van der Waals surface area contributed by atoms with E-state index < -0.39 is 11.8 Å². The smallest absolute Gasteiger partial charge is 0.372 e. The Morgan fingerprint density at radius 2 is 1.62 bits per heavy atom. The quantitative estimate of drug-likeness (QED) is 0.539. The number of hydrogen-bond acceptors (Lipinski definition) is 2. The zero-order valence-corrected chi connectivity index (χ0v) is 7.79. The van der Waals surface area contributed by atoms with E-state index in [1.807, 2.05) is 0 Å². The summed E-state index contributed by atoms with van der Waals surface area (Å²) in [5.41, 5.74) is 0. The van der Waals surface area contributed by atoms with Crippen molar-refractivity contribution in [3.8, 4) is 0 Å². The van der Waals surface area contributed by atoms with Gasteiger partial charge >= 0.3 is 5.97 Å². The van der Waals surface area contributed by atoms with E-state index in [1.54, 1.807) is 0 Å². The molecule has 1 fully saturated rings. The molecule has 0 bridgehead atoms. The molecule has 0 amide bonds. The molecule has 0 saturated heterocycles. The van der Waals surface area contributed by atoms with Gasteiger partial charge in [-0.2, -0.15) is 0 Å². The lowest BCUT2D eigenvalue weighted by molar-refractivity contribution is -0.149. The van der Waals surface area contributed by atoms with Crippen LogP contribution in [0.15, 0.2) is 0 Å². The van der Waals surface area contributed by atoms with Crippen molar-refractivity contribution in [2.24, 2.45) is 5.92 Å². The van der Waals surface area contributed by atoms with Crippen LogP contribution in [0.3, 0.4) is 0 Å². The Morgan fingerprint density at radius 3 is 2.08 bits per heavy atom. The fourth-order valence-corrected chi connectivity index (χ4v) is 1.92. The standard InChI is InChI=1S/C10H16O3/c11-9(10(12)13)7-8-5-3-1-2-4-6-8/h8H,1-7H2,(H,12,13). The number of rotatable bonds is 3. The highest BCUT2D eigenvalue weighted by Gasteiger charge is 2.19. The molecule has 1 saturated carbocycles. The van der Waals surface area contributed by atoms with Gasteiger partial charge in [0.05, 0.1) is 0 Å². The summed E-state index contributed by atoms with van der Waals surface area (Å²) in [7, 11) is 0. The molecule has 3 nitrogen and oxygen atoms in total.